The zero-order valence-corrected chi connectivity index (χ0v) is 10.8. The summed E-state index contributed by atoms with van der Waals surface area (Å²) in [7, 11) is 0. The van der Waals surface area contributed by atoms with Gasteiger partial charge in [-0.2, -0.15) is 0 Å². The van der Waals surface area contributed by atoms with Crippen molar-refractivity contribution in [2.24, 2.45) is 0 Å². The van der Waals surface area contributed by atoms with Gasteiger partial charge in [0.1, 0.15) is 11.0 Å². The molecule has 2 N–H and O–H groups in total. The topological polar surface area (TPSA) is 39.2 Å². The Labute approximate surface area is 111 Å². The summed E-state index contributed by atoms with van der Waals surface area (Å²) >= 11 is 0. The molecular weight excluding hydrogens is 234 g/mol. The Kier molecular flexibility index (Phi) is 2.84. The van der Waals surface area contributed by atoms with Crippen LogP contribution in [0.3, 0.4) is 0 Å². The first-order chi connectivity index (χ1) is 9.29. The Morgan fingerprint density at radius 2 is 1.74 bits per heavy atom. The van der Waals surface area contributed by atoms with E-state index >= 15 is 0 Å². The number of para-hydroxylation sites is 2. The SMILES string of the molecule is C/C=c1\c(=C\c2ccccc2N)oc2ccccc12. The fourth-order valence-electron chi connectivity index (χ4n) is 2.27. The molecule has 0 spiro atoms. The van der Waals surface area contributed by atoms with Crippen LogP contribution < -0.4 is 16.4 Å². The van der Waals surface area contributed by atoms with Gasteiger partial charge in [-0.25, -0.2) is 0 Å². The minimum Gasteiger partial charge on any atom is -0.456 e. The highest BCUT2D eigenvalue weighted by Gasteiger charge is 2.02. The summed E-state index contributed by atoms with van der Waals surface area (Å²) in [5, 5.41) is 2.24. The molecule has 0 atom stereocenters. The molecule has 0 amide bonds. The van der Waals surface area contributed by atoms with E-state index in [-0.39, 0.29) is 0 Å². The smallest absolute Gasteiger partial charge is 0.135 e. The second-order valence-electron chi connectivity index (χ2n) is 4.44. The maximum Gasteiger partial charge on any atom is 0.135 e. The summed E-state index contributed by atoms with van der Waals surface area (Å²) in [6, 6.07) is 15.8. The summed E-state index contributed by atoms with van der Waals surface area (Å²) < 4.78 is 5.91. The van der Waals surface area contributed by atoms with Crippen molar-refractivity contribution in [1.29, 1.82) is 0 Å². The van der Waals surface area contributed by atoms with Gasteiger partial charge in [0.25, 0.3) is 0 Å². The van der Waals surface area contributed by atoms with Gasteiger partial charge in [0.2, 0.25) is 0 Å². The minimum absolute atomic E-state index is 0.755. The first-order valence-electron chi connectivity index (χ1n) is 6.29. The molecule has 19 heavy (non-hydrogen) atoms. The van der Waals surface area contributed by atoms with Gasteiger partial charge in [-0.05, 0) is 25.1 Å². The lowest BCUT2D eigenvalue weighted by Crippen LogP contribution is -2.19. The molecule has 0 saturated heterocycles. The summed E-state index contributed by atoms with van der Waals surface area (Å²) in [5.41, 5.74) is 9.45. The molecule has 94 valence electrons. The Morgan fingerprint density at radius 1 is 1.00 bits per heavy atom. The van der Waals surface area contributed by atoms with Crippen molar-refractivity contribution in [3.05, 3.63) is 64.7 Å². The van der Waals surface area contributed by atoms with E-state index in [0.29, 0.717) is 0 Å². The normalized spacial score (nSPS) is 13.3. The average Bonchev–Trinajstić information content (AvgIpc) is 2.78. The van der Waals surface area contributed by atoms with Crippen molar-refractivity contribution in [3.8, 4) is 0 Å². The summed E-state index contributed by atoms with van der Waals surface area (Å²) in [6.07, 6.45) is 4.06. The van der Waals surface area contributed by atoms with E-state index in [1.165, 1.54) is 0 Å². The van der Waals surface area contributed by atoms with Crippen molar-refractivity contribution in [2.45, 2.75) is 6.92 Å². The molecule has 0 saturated carbocycles. The van der Waals surface area contributed by atoms with Crippen molar-refractivity contribution in [3.63, 3.8) is 0 Å². The van der Waals surface area contributed by atoms with Gasteiger partial charge in [0, 0.05) is 21.9 Å². The third-order valence-electron chi connectivity index (χ3n) is 3.23. The van der Waals surface area contributed by atoms with Crippen LogP contribution in [0.25, 0.3) is 23.1 Å². The van der Waals surface area contributed by atoms with Gasteiger partial charge >= 0.3 is 0 Å². The Balaban J connectivity index is 2.35. The van der Waals surface area contributed by atoms with Crippen LogP contribution in [0.15, 0.2) is 52.9 Å². The molecule has 0 unspecified atom stereocenters. The van der Waals surface area contributed by atoms with Crippen LogP contribution in [-0.4, -0.2) is 0 Å². The van der Waals surface area contributed by atoms with Crippen molar-refractivity contribution < 1.29 is 4.42 Å². The van der Waals surface area contributed by atoms with Crippen LogP contribution in [0.4, 0.5) is 5.69 Å². The highest BCUT2D eigenvalue weighted by Crippen LogP contribution is 2.12. The molecule has 2 aromatic carbocycles. The predicted octanol–water partition coefficient (Wildman–Crippen LogP) is 2.64. The van der Waals surface area contributed by atoms with Crippen molar-refractivity contribution >= 4 is 28.8 Å². The molecule has 1 aromatic heterocycles. The first kappa shape index (κ1) is 11.6. The third-order valence-corrected chi connectivity index (χ3v) is 3.23. The second-order valence-corrected chi connectivity index (χ2v) is 4.44. The number of hydrogen-bond acceptors (Lipinski definition) is 2. The number of anilines is 1. The molecule has 1 heterocycles. The number of rotatable bonds is 1. The van der Waals surface area contributed by atoms with E-state index in [1.807, 2.05) is 55.5 Å². The van der Waals surface area contributed by atoms with Gasteiger partial charge in [-0.3, -0.25) is 0 Å². The number of fused-ring (bicyclic) bond motifs is 1. The third kappa shape index (κ3) is 2.02. The van der Waals surface area contributed by atoms with Gasteiger partial charge in [-0.1, -0.05) is 42.5 Å². The Morgan fingerprint density at radius 3 is 2.53 bits per heavy atom. The van der Waals surface area contributed by atoms with Crippen molar-refractivity contribution in [2.75, 3.05) is 5.73 Å². The minimum atomic E-state index is 0.755. The standard InChI is InChI=1S/C17H15NO/c1-2-13-14-8-4-6-10-16(14)19-17(13)11-12-7-3-5-9-15(12)18/h2-11H,18H2,1H3/b13-2-,17-11-. The van der Waals surface area contributed by atoms with E-state index in [2.05, 4.69) is 12.1 Å². The molecule has 0 bridgehead atoms. The molecule has 0 radical (unpaired) electrons. The fourth-order valence-corrected chi connectivity index (χ4v) is 2.27. The highest BCUT2D eigenvalue weighted by molar-refractivity contribution is 5.79. The lowest BCUT2D eigenvalue weighted by Gasteiger charge is -1.96. The molecule has 0 aliphatic carbocycles. The average molecular weight is 249 g/mol. The molecule has 3 aromatic rings. The molecule has 2 heteroatoms. The van der Waals surface area contributed by atoms with Crippen LogP contribution in [0.2, 0.25) is 0 Å². The van der Waals surface area contributed by atoms with E-state index in [1.54, 1.807) is 0 Å². The molecule has 0 aliphatic heterocycles. The number of nitrogens with two attached hydrogens (primary N) is 1. The lowest BCUT2D eigenvalue weighted by atomic mass is 10.1. The second kappa shape index (κ2) is 4.65. The van der Waals surface area contributed by atoms with E-state index < -0.39 is 0 Å². The van der Waals surface area contributed by atoms with Crippen LogP contribution in [0.1, 0.15) is 12.5 Å². The lowest BCUT2D eigenvalue weighted by molar-refractivity contribution is 0.575. The number of furan rings is 1. The summed E-state index contributed by atoms with van der Waals surface area (Å²) in [6.45, 7) is 2.02. The quantitative estimate of drug-likeness (QED) is 0.673. The van der Waals surface area contributed by atoms with Crippen LogP contribution >= 0.6 is 0 Å². The van der Waals surface area contributed by atoms with Gasteiger partial charge in [0.15, 0.2) is 0 Å². The molecule has 0 aliphatic rings. The zero-order valence-electron chi connectivity index (χ0n) is 10.8. The largest absolute Gasteiger partial charge is 0.456 e. The zero-order chi connectivity index (χ0) is 13.2. The summed E-state index contributed by atoms with van der Waals surface area (Å²) in [4.78, 5) is 0. The first-order valence-corrected chi connectivity index (χ1v) is 6.29. The number of benzene rings is 2. The van der Waals surface area contributed by atoms with Crippen LogP contribution in [0, 0.1) is 0 Å². The molecule has 3 rings (SSSR count). The van der Waals surface area contributed by atoms with E-state index in [9.17, 15) is 0 Å². The van der Waals surface area contributed by atoms with Crippen LogP contribution in [0.5, 0.6) is 0 Å². The number of nitrogen functional groups attached to an aromatic ring is 1. The van der Waals surface area contributed by atoms with Crippen LogP contribution in [-0.2, 0) is 0 Å². The molecule has 0 fully saturated rings. The van der Waals surface area contributed by atoms with Gasteiger partial charge in [-0.15, -0.1) is 0 Å². The molecular formula is C17H15NO. The summed E-state index contributed by atoms with van der Waals surface area (Å²) in [5.74, 6) is 0. The Hall–Kier alpha value is -2.48. The monoisotopic (exact) mass is 249 g/mol. The van der Waals surface area contributed by atoms with Gasteiger partial charge < -0.3 is 10.2 Å². The van der Waals surface area contributed by atoms with E-state index in [4.69, 9.17) is 10.2 Å². The van der Waals surface area contributed by atoms with E-state index in [0.717, 1.165) is 32.9 Å². The molecule has 2 nitrogen and oxygen atoms in total. The fraction of sp³-hybridized carbons (Fsp3) is 0.0588. The maximum atomic E-state index is 5.97. The maximum absolute atomic E-state index is 5.97. The predicted molar refractivity (Wildman–Crippen MR) is 80.0 cm³/mol. The van der Waals surface area contributed by atoms with Gasteiger partial charge in [0.05, 0.1) is 0 Å². The Bertz CT molecular complexity index is 843. The van der Waals surface area contributed by atoms with Crippen molar-refractivity contribution in [1.82, 2.24) is 0 Å². The number of hydrogen-bond donors (Lipinski definition) is 1. The highest BCUT2D eigenvalue weighted by atomic mass is 16.3.